The fourth-order valence-corrected chi connectivity index (χ4v) is 2.66. The van der Waals surface area contributed by atoms with Crippen molar-refractivity contribution in [1.29, 1.82) is 0 Å². The van der Waals surface area contributed by atoms with E-state index in [2.05, 4.69) is 66.0 Å². The summed E-state index contributed by atoms with van der Waals surface area (Å²) in [5.74, 6) is 0. The molecule has 0 aliphatic heterocycles. The number of hydrogen-bond donors (Lipinski definition) is 1. The van der Waals surface area contributed by atoms with Crippen LogP contribution in [0.3, 0.4) is 0 Å². The molecule has 0 fully saturated rings. The summed E-state index contributed by atoms with van der Waals surface area (Å²) in [5, 5.41) is 3.46. The number of hydrogen-bond acceptors (Lipinski definition) is 1. The first kappa shape index (κ1) is 13.2. The molecule has 0 radical (unpaired) electrons. The van der Waals surface area contributed by atoms with Gasteiger partial charge in [0.05, 0.1) is 0 Å². The van der Waals surface area contributed by atoms with E-state index in [0.717, 1.165) is 0 Å². The van der Waals surface area contributed by atoms with Crippen molar-refractivity contribution in [2.24, 2.45) is 5.41 Å². The minimum atomic E-state index is 0.236. The van der Waals surface area contributed by atoms with Gasteiger partial charge in [0.1, 0.15) is 0 Å². The van der Waals surface area contributed by atoms with E-state index in [4.69, 9.17) is 0 Å². The van der Waals surface area contributed by atoms with Gasteiger partial charge in [-0.05, 0) is 49.9 Å². The lowest BCUT2D eigenvalue weighted by atomic mass is 9.79. The van der Waals surface area contributed by atoms with E-state index < -0.39 is 0 Å². The molecule has 1 heteroatoms. The van der Waals surface area contributed by atoms with E-state index in [1.54, 1.807) is 0 Å². The van der Waals surface area contributed by atoms with Crippen molar-refractivity contribution in [3.05, 3.63) is 34.4 Å². The molecule has 1 aromatic carbocycles. The number of aryl methyl sites for hydroxylation is 3. The second-order valence-corrected chi connectivity index (χ2v) is 5.90. The Morgan fingerprint density at radius 3 is 1.75 bits per heavy atom. The van der Waals surface area contributed by atoms with Crippen molar-refractivity contribution in [3.8, 4) is 0 Å². The molecule has 0 bridgehead atoms. The van der Waals surface area contributed by atoms with Crippen LogP contribution in [-0.4, -0.2) is 7.05 Å². The van der Waals surface area contributed by atoms with Crippen molar-refractivity contribution in [1.82, 2.24) is 5.32 Å². The Hall–Kier alpha value is -0.820. The Balaban J connectivity index is 3.31. The van der Waals surface area contributed by atoms with Crippen LogP contribution in [0.5, 0.6) is 0 Å². The van der Waals surface area contributed by atoms with Crippen LogP contribution in [0.4, 0.5) is 0 Å². The van der Waals surface area contributed by atoms with Crippen molar-refractivity contribution >= 4 is 0 Å². The second-order valence-electron chi connectivity index (χ2n) is 5.90. The molecule has 1 N–H and O–H groups in total. The number of rotatable bonds is 2. The third-order valence-electron chi connectivity index (χ3n) is 3.18. The Morgan fingerprint density at radius 1 is 1.00 bits per heavy atom. The third-order valence-corrected chi connectivity index (χ3v) is 3.18. The summed E-state index contributed by atoms with van der Waals surface area (Å²) in [7, 11) is 2.05. The molecule has 1 atom stereocenters. The maximum Gasteiger partial charge on any atom is 0.0372 e. The number of nitrogens with one attached hydrogen (secondary N) is 1. The van der Waals surface area contributed by atoms with E-state index in [0.29, 0.717) is 6.04 Å². The Bertz CT molecular complexity index is 349. The van der Waals surface area contributed by atoms with Gasteiger partial charge in [0.2, 0.25) is 0 Å². The van der Waals surface area contributed by atoms with Crippen LogP contribution in [0.1, 0.15) is 49.1 Å². The van der Waals surface area contributed by atoms with Crippen LogP contribution in [0.15, 0.2) is 12.1 Å². The Morgan fingerprint density at radius 2 is 1.44 bits per heavy atom. The van der Waals surface area contributed by atoms with Gasteiger partial charge in [-0.1, -0.05) is 38.5 Å². The van der Waals surface area contributed by atoms with Crippen molar-refractivity contribution in [2.75, 3.05) is 7.05 Å². The van der Waals surface area contributed by atoms with Gasteiger partial charge in [-0.3, -0.25) is 0 Å². The molecule has 90 valence electrons. The fraction of sp³-hybridized carbons (Fsp3) is 0.600. The van der Waals surface area contributed by atoms with Crippen LogP contribution < -0.4 is 5.32 Å². The summed E-state index contributed by atoms with van der Waals surface area (Å²) in [6, 6.07) is 4.96. The molecule has 1 rings (SSSR count). The molecule has 0 aliphatic carbocycles. The molecule has 0 saturated carbocycles. The second kappa shape index (κ2) is 4.58. The first-order chi connectivity index (χ1) is 7.27. The van der Waals surface area contributed by atoms with Gasteiger partial charge in [-0.15, -0.1) is 0 Å². The molecule has 0 aromatic heterocycles. The molecule has 0 saturated heterocycles. The lowest BCUT2D eigenvalue weighted by Crippen LogP contribution is -2.31. The summed E-state index contributed by atoms with van der Waals surface area (Å²) < 4.78 is 0. The van der Waals surface area contributed by atoms with E-state index in [-0.39, 0.29) is 5.41 Å². The van der Waals surface area contributed by atoms with Gasteiger partial charge in [0.15, 0.2) is 0 Å². The van der Waals surface area contributed by atoms with Crippen molar-refractivity contribution < 1.29 is 0 Å². The van der Waals surface area contributed by atoms with E-state index in [1.807, 2.05) is 0 Å². The fourth-order valence-electron chi connectivity index (χ4n) is 2.66. The summed E-state index contributed by atoms with van der Waals surface area (Å²) in [4.78, 5) is 0. The standard InChI is InChI=1S/C15H25N/c1-10-8-11(2)13(12(3)9-10)14(16-7)15(4,5)6/h8-9,14,16H,1-7H3. The molecule has 1 aromatic rings. The van der Waals surface area contributed by atoms with Crippen LogP contribution in [0.2, 0.25) is 0 Å². The maximum absolute atomic E-state index is 3.46. The molecule has 0 heterocycles. The average molecular weight is 219 g/mol. The molecule has 1 unspecified atom stereocenters. The Labute approximate surface area is 100 Å². The van der Waals surface area contributed by atoms with Gasteiger partial charge >= 0.3 is 0 Å². The highest BCUT2D eigenvalue weighted by atomic mass is 14.9. The molecular formula is C15H25N. The molecule has 0 aliphatic rings. The quantitative estimate of drug-likeness (QED) is 0.795. The molecule has 0 spiro atoms. The van der Waals surface area contributed by atoms with Crippen molar-refractivity contribution in [3.63, 3.8) is 0 Å². The smallest absolute Gasteiger partial charge is 0.0372 e. The average Bonchev–Trinajstić information content (AvgIpc) is 2.08. The van der Waals surface area contributed by atoms with E-state index >= 15 is 0 Å². The number of benzene rings is 1. The van der Waals surface area contributed by atoms with Gasteiger partial charge in [0.25, 0.3) is 0 Å². The molecular weight excluding hydrogens is 194 g/mol. The lowest BCUT2D eigenvalue weighted by molar-refractivity contribution is 0.285. The lowest BCUT2D eigenvalue weighted by Gasteiger charge is -2.33. The summed E-state index contributed by atoms with van der Waals surface area (Å²) in [6.07, 6.45) is 0. The molecule has 0 amide bonds. The van der Waals surface area contributed by atoms with E-state index in [1.165, 1.54) is 22.3 Å². The molecule has 16 heavy (non-hydrogen) atoms. The third kappa shape index (κ3) is 2.65. The maximum atomic E-state index is 3.46. The van der Waals surface area contributed by atoms with Crippen LogP contribution in [0, 0.1) is 26.2 Å². The zero-order valence-electron chi connectivity index (χ0n) is 11.7. The largest absolute Gasteiger partial charge is 0.313 e. The van der Waals surface area contributed by atoms with Gasteiger partial charge < -0.3 is 5.32 Å². The monoisotopic (exact) mass is 219 g/mol. The predicted molar refractivity (Wildman–Crippen MR) is 71.9 cm³/mol. The summed E-state index contributed by atoms with van der Waals surface area (Å²) in [5.41, 5.74) is 5.83. The highest BCUT2D eigenvalue weighted by Crippen LogP contribution is 2.36. The first-order valence-corrected chi connectivity index (χ1v) is 6.02. The SMILES string of the molecule is CNC(c1c(C)cc(C)cc1C)C(C)(C)C. The van der Waals surface area contributed by atoms with Gasteiger partial charge in [0, 0.05) is 6.04 Å². The van der Waals surface area contributed by atoms with Crippen molar-refractivity contribution in [2.45, 2.75) is 47.6 Å². The first-order valence-electron chi connectivity index (χ1n) is 6.02. The zero-order valence-corrected chi connectivity index (χ0v) is 11.7. The Kier molecular flexibility index (Phi) is 3.80. The minimum Gasteiger partial charge on any atom is -0.313 e. The summed E-state index contributed by atoms with van der Waals surface area (Å²) in [6.45, 7) is 13.4. The van der Waals surface area contributed by atoms with Crippen LogP contribution in [0.25, 0.3) is 0 Å². The molecule has 1 nitrogen and oxygen atoms in total. The van der Waals surface area contributed by atoms with Crippen LogP contribution in [-0.2, 0) is 0 Å². The highest BCUT2D eigenvalue weighted by molar-refractivity contribution is 5.40. The topological polar surface area (TPSA) is 12.0 Å². The van der Waals surface area contributed by atoms with Gasteiger partial charge in [-0.2, -0.15) is 0 Å². The van der Waals surface area contributed by atoms with E-state index in [9.17, 15) is 0 Å². The minimum absolute atomic E-state index is 0.236. The van der Waals surface area contributed by atoms with Gasteiger partial charge in [-0.25, -0.2) is 0 Å². The summed E-state index contributed by atoms with van der Waals surface area (Å²) >= 11 is 0. The predicted octanol–water partition coefficient (Wildman–Crippen LogP) is 3.92. The normalized spacial score (nSPS) is 13.9. The van der Waals surface area contributed by atoms with Crippen LogP contribution >= 0.6 is 0 Å². The zero-order chi connectivity index (χ0) is 12.5. The highest BCUT2D eigenvalue weighted by Gasteiger charge is 2.27.